The summed E-state index contributed by atoms with van der Waals surface area (Å²) in [5.74, 6) is 9.21. The Morgan fingerprint density at radius 3 is 0.972 bits per heavy atom. The van der Waals surface area contributed by atoms with Crippen LogP contribution in [0.15, 0.2) is 103 Å². The number of carbonyl (C=O) groups is 3. The highest BCUT2D eigenvalue weighted by Gasteiger charge is 2.72. The van der Waals surface area contributed by atoms with Gasteiger partial charge in [-0.2, -0.15) is 0 Å². The van der Waals surface area contributed by atoms with Crippen LogP contribution in [0, 0.1) is 58.2 Å². The Kier molecular flexibility index (Phi) is 30.8. The number of aliphatic hydroxyl groups is 4. The van der Waals surface area contributed by atoms with Gasteiger partial charge in [-0.05, 0) is 353 Å². The Morgan fingerprint density at radius 2 is 0.622 bits per heavy atom. The number of fused-ring (bicyclic) bond motifs is 16. The molecule has 6 aromatic carbocycles. The van der Waals surface area contributed by atoms with Crippen molar-refractivity contribution in [2.24, 2.45) is 58.2 Å². The molecule has 780 valence electrons. The number of aromatic hydroxyl groups is 6. The lowest BCUT2D eigenvalue weighted by Gasteiger charge is -2.62. The second-order valence-corrected chi connectivity index (χ2v) is 48.6. The molecule has 6 aliphatic heterocycles. The van der Waals surface area contributed by atoms with Gasteiger partial charge in [0.2, 0.25) is 0 Å². The Hall–Kier alpha value is -9.27. The quantitative estimate of drug-likeness (QED) is 0.0162. The molecular formula is C124H170O19. The van der Waals surface area contributed by atoms with Crippen LogP contribution in [0.3, 0.4) is 0 Å². The fourth-order valence-electron chi connectivity index (χ4n) is 29.8. The summed E-state index contributed by atoms with van der Waals surface area (Å²) in [6.45, 7) is 63.1. The van der Waals surface area contributed by atoms with Crippen molar-refractivity contribution in [1.82, 2.24) is 0 Å². The van der Waals surface area contributed by atoms with Crippen molar-refractivity contribution in [3.05, 3.63) is 187 Å². The molecule has 6 aromatic rings. The Balaban J connectivity index is 0.000000129. The Labute approximate surface area is 852 Å². The van der Waals surface area contributed by atoms with Crippen molar-refractivity contribution < 1.29 is 93.9 Å². The molecule has 14 aliphatic rings. The summed E-state index contributed by atoms with van der Waals surface area (Å²) in [6, 6.07) is 17.5. The van der Waals surface area contributed by atoms with Crippen molar-refractivity contribution in [1.29, 1.82) is 0 Å². The number of hydrogen-bond acceptors (Lipinski definition) is 19. The molecule has 0 saturated heterocycles. The third-order valence-corrected chi connectivity index (χ3v) is 36.9. The molecule has 6 heterocycles. The van der Waals surface area contributed by atoms with Crippen molar-refractivity contribution in [2.75, 3.05) is 0 Å². The Morgan fingerprint density at radius 1 is 0.322 bits per heavy atom. The van der Waals surface area contributed by atoms with Crippen molar-refractivity contribution >= 4 is 17.3 Å². The van der Waals surface area contributed by atoms with Gasteiger partial charge < -0.3 is 79.5 Å². The molecule has 143 heavy (non-hydrogen) atoms. The number of ketones is 3. The van der Waals surface area contributed by atoms with E-state index < -0.39 is 34.6 Å². The predicted octanol–water partition coefficient (Wildman–Crippen LogP) is 27.2. The first kappa shape index (κ1) is 108. The first-order valence-corrected chi connectivity index (χ1v) is 54.5. The largest absolute Gasteiger partial charge is 0.508 e. The van der Waals surface area contributed by atoms with E-state index >= 15 is 0 Å². The number of allylic oxidation sites excluding steroid dienone is 4. The number of carbonyl (C=O) groups excluding carboxylic acids is 3. The van der Waals surface area contributed by atoms with E-state index in [0.29, 0.717) is 112 Å². The molecule has 8 saturated carbocycles. The third kappa shape index (κ3) is 19.3. The first-order valence-electron chi connectivity index (χ1n) is 54.5. The van der Waals surface area contributed by atoms with Crippen molar-refractivity contribution in [3.8, 4) is 69.0 Å². The molecule has 19 nitrogen and oxygen atoms in total. The van der Waals surface area contributed by atoms with Crippen molar-refractivity contribution in [2.45, 2.75) is 433 Å². The van der Waals surface area contributed by atoms with Gasteiger partial charge in [-0.3, -0.25) is 14.4 Å². The van der Waals surface area contributed by atoms with Gasteiger partial charge in [0.25, 0.3) is 0 Å². The zero-order chi connectivity index (χ0) is 104. The van der Waals surface area contributed by atoms with Gasteiger partial charge in [0.05, 0.1) is 39.1 Å². The van der Waals surface area contributed by atoms with Gasteiger partial charge in [-0.15, -0.1) is 0 Å². The van der Waals surface area contributed by atoms with Crippen LogP contribution in [-0.2, 0) is 38.5 Å². The fourth-order valence-corrected chi connectivity index (χ4v) is 29.8. The molecule has 0 spiro atoms. The van der Waals surface area contributed by atoms with Gasteiger partial charge in [0, 0.05) is 80.7 Å². The molecule has 0 amide bonds. The molecule has 8 fully saturated rings. The predicted molar refractivity (Wildman–Crippen MR) is 566 cm³/mol. The normalized spacial score (nSPS) is 32.6. The molecule has 0 radical (unpaired) electrons. The summed E-state index contributed by atoms with van der Waals surface area (Å²) in [5, 5.41) is 108. The fraction of sp³-hybridized carbons (Fsp3) is 0.621. The number of hydrogen-bond donors (Lipinski definition) is 10. The van der Waals surface area contributed by atoms with Gasteiger partial charge >= 0.3 is 0 Å². The highest BCUT2D eigenvalue weighted by molar-refractivity contribution is 6.01. The minimum atomic E-state index is -1.00. The SMILES string of the molecule is C=C(C)[C@@H]1CC[C@](C)(O)[C@H]2Oc3c(C(C)=O)c(CCC)cc(O)c3[C@@H]12.C=C(C)[C@@H]1CC[C@](C)(O)[C@H]2Oc3c(C(C)=O)c(CCCCC)cc(O)c3[C@@H]12.C=C(C)[C@@H]1CC[C@](C)(O)[C@H]2Oc3cc(CCC)cc(O)c3[C@@H]12.C=C(C)[C@@H]1CC[C@](C)(O)[C@H]2Oc3cc(CCCCC)cc(O)c3[C@@H]12.CCCc1cc(O)c2c(c1)O[C@]1(C)CCC3[C@@H]1[C@@H]2C3(C)C.CCCc1cc2c(c(O)c1C(C)=O)[C@@H]1[C@H]3C(CC[C@@]3(C)O2)C1(C)C. The van der Waals surface area contributed by atoms with E-state index in [1.165, 1.54) is 38.2 Å². The average molecular weight is 1960 g/mol. The minimum Gasteiger partial charge on any atom is -0.508 e. The van der Waals surface area contributed by atoms with Crippen LogP contribution in [0.5, 0.6) is 69.0 Å². The third-order valence-electron chi connectivity index (χ3n) is 36.9. The summed E-state index contributed by atoms with van der Waals surface area (Å²) in [5.41, 5.74) is 13.5. The second-order valence-electron chi connectivity index (χ2n) is 48.6. The number of Topliss-reactive ketones (excluding diaryl/α,β-unsaturated/α-hetero) is 3. The van der Waals surface area contributed by atoms with Gasteiger partial charge in [-0.25, -0.2) is 0 Å². The van der Waals surface area contributed by atoms with E-state index in [-0.39, 0.29) is 122 Å². The molecule has 0 bridgehead atoms. The van der Waals surface area contributed by atoms with E-state index in [0.717, 1.165) is 223 Å². The summed E-state index contributed by atoms with van der Waals surface area (Å²) < 4.78 is 37.7. The van der Waals surface area contributed by atoms with Crippen LogP contribution in [0.4, 0.5) is 0 Å². The zero-order valence-corrected chi connectivity index (χ0v) is 90.4. The summed E-state index contributed by atoms with van der Waals surface area (Å²) in [7, 11) is 0. The van der Waals surface area contributed by atoms with Crippen LogP contribution in [-0.4, -0.2) is 126 Å². The maximum absolute atomic E-state index is 12.5. The smallest absolute Gasteiger partial charge is 0.163 e. The van der Waals surface area contributed by atoms with E-state index in [1.54, 1.807) is 39.8 Å². The van der Waals surface area contributed by atoms with E-state index in [2.05, 4.69) is 115 Å². The lowest BCUT2D eigenvalue weighted by Crippen LogP contribution is -2.59. The van der Waals surface area contributed by atoms with Gasteiger partial charge in [0.1, 0.15) is 105 Å². The number of phenolic OH excluding ortho intramolecular Hbond substituents is 6. The lowest BCUT2D eigenvalue weighted by atomic mass is 9.45. The van der Waals surface area contributed by atoms with Crippen LogP contribution in [0.25, 0.3) is 0 Å². The molecule has 2 unspecified atom stereocenters. The Bertz CT molecular complexity index is 5890. The number of unbranched alkanes of at least 4 members (excludes halogenated alkanes) is 4. The minimum absolute atomic E-state index is 0.00748. The maximum Gasteiger partial charge on any atom is 0.163 e. The van der Waals surface area contributed by atoms with E-state index in [4.69, 9.17) is 28.4 Å². The van der Waals surface area contributed by atoms with Crippen LogP contribution in [0.1, 0.15) is 434 Å². The van der Waals surface area contributed by atoms with E-state index in [1.807, 2.05) is 78.8 Å². The molecule has 10 N–H and O–H groups in total. The number of phenols is 6. The molecular weight excluding hydrogens is 1790 g/mol. The van der Waals surface area contributed by atoms with E-state index in [9.17, 15) is 65.4 Å². The first-order chi connectivity index (χ1) is 67.2. The second kappa shape index (κ2) is 40.8. The van der Waals surface area contributed by atoms with Crippen molar-refractivity contribution in [3.63, 3.8) is 0 Å². The van der Waals surface area contributed by atoms with Crippen LogP contribution >= 0.6 is 0 Å². The molecule has 24 atom stereocenters. The number of ether oxygens (including phenoxy) is 6. The van der Waals surface area contributed by atoms with Gasteiger partial charge in [0.15, 0.2) is 17.3 Å². The zero-order valence-electron chi connectivity index (χ0n) is 90.4. The topological polar surface area (TPSA) is 309 Å². The van der Waals surface area contributed by atoms with Gasteiger partial charge in [-0.1, -0.05) is 169 Å². The summed E-state index contributed by atoms with van der Waals surface area (Å²) in [4.78, 5) is 37.1. The molecule has 8 aliphatic carbocycles. The maximum atomic E-state index is 12.5. The van der Waals surface area contributed by atoms with Crippen LogP contribution in [0.2, 0.25) is 0 Å². The molecule has 19 heteroatoms. The lowest BCUT2D eigenvalue weighted by molar-refractivity contribution is -0.121. The molecule has 20 rings (SSSR count). The monoisotopic (exact) mass is 1960 g/mol. The van der Waals surface area contributed by atoms with Crippen LogP contribution < -0.4 is 28.4 Å². The average Bonchev–Trinajstić information content (AvgIpc) is 1.54. The number of aryl methyl sites for hydroxylation is 6. The highest BCUT2D eigenvalue weighted by Crippen LogP contribution is 2.77. The number of benzene rings is 6. The highest BCUT2D eigenvalue weighted by atomic mass is 16.5. The standard InChI is InChI=1S/C23H32O4.C21H28O4.C21H28O3.C21H30O3.C19H26O3.C19H26O2/c1-6-7-8-9-15-12-17(25)20-19-16(13(2)3)10-11-23(5,26)22(19)27-21(20)18(15)14(4)24;1-6-7-13-10-15(23)18-17-14(11(2)3)8-9-21(5,24)20(17)25-19(18)16(13)12(4)22;1-6-7-12-10-14-16(19(23)15(12)11(2)22)18-17-13(20(18,3)4)8-9-21(17,5)24-14;1-5-6-7-8-14-11-16(22)19-17(12-14)24-20-18(19)15(13(2)3)9-10-21(20,4)23;1-5-6-12-9-14(20)17-15(10-12)22-18-16(17)13(11(2)3)7-8-19(18,4)21;1-5-6-11-9-13(20)15-14(10-11)21-19(4)8-7-12-16(19)17(15)18(12,2)3/h12,16,19,22,25-26H,2,6-11H2,1,3-5H3;10,14,17,20,23-24H,2,6-9H2,1,3-5H3;10,13,17-18,23H,6-9H2,1-5H3;11-12,15,18,20,22-23H,2,5-10H2,1,3-4H3;9-10,13,16,18,20-21H,2,5-8H2,1,3-4H3;9-10,12,16-17,20H,5-8H2,1-4H3/t16-,19+,22-,23-;14-,17+,20-,21-;13?,17-,18-,21-;15-,18+,20-,21-;13-,16+,18-,19-;12?,16-,17-,19-/m001001/s1. The summed E-state index contributed by atoms with van der Waals surface area (Å²) >= 11 is 0. The summed E-state index contributed by atoms with van der Waals surface area (Å²) in [6.07, 6.45) is 24.7. The number of rotatable bonds is 23. The molecule has 0 aromatic heterocycles.